The number of alkyl halides is 2. The fourth-order valence-electron chi connectivity index (χ4n) is 1.06. The number of allylic oxidation sites excluding steroid dienone is 1. The third kappa shape index (κ3) is 2.14. The summed E-state index contributed by atoms with van der Waals surface area (Å²) in [5, 5.41) is 0. The second-order valence-electron chi connectivity index (χ2n) is 2.90. The number of halogens is 2. The van der Waals surface area contributed by atoms with Crippen LogP contribution in [0, 0.1) is 0 Å². The molecule has 0 radical (unpaired) electrons. The first-order valence-corrected chi connectivity index (χ1v) is 4.20. The zero-order chi connectivity index (χ0) is 9.90. The van der Waals surface area contributed by atoms with Crippen molar-refractivity contribution >= 4 is 5.57 Å². The standard InChI is InChI=1S/C11H12F2/c1-3-11(12,13)9(2)10-7-5-4-6-8-10/h4-8H,2-3H2,1H3. The molecule has 1 aromatic carbocycles. The van der Waals surface area contributed by atoms with Gasteiger partial charge in [-0.25, -0.2) is 8.78 Å². The Labute approximate surface area is 76.9 Å². The molecule has 0 aliphatic heterocycles. The van der Waals surface area contributed by atoms with E-state index in [4.69, 9.17) is 0 Å². The molecule has 0 atom stereocenters. The fourth-order valence-corrected chi connectivity index (χ4v) is 1.06. The first-order chi connectivity index (χ1) is 6.08. The molecule has 13 heavy (non-hydrogen) atoms. The summed E-state index contributed by atoms with van der Waals surface area (Å²) >= 11 is 0. The number of hydrogen-bond acceptors (Lipinski definition) is 0. The molecular formula is C11H12F2. The van der Waals surface area contributed by atoms with Crippen molar-refractivity contribution in [3.63, 3.8) is 0 Å². The molecule has 0 nitrogen and oxygen atoms in total. The lowest BCUT2D eigenvalue weighted by Gasteiger charge is -2.16. The second-order valence-corrected chi connectivity index (χ2v) is 2.90. The van der Waals surface area contributed by atoms with Crippen molar-refractivity contribution in [1.29, 1.82) is 0 Å². The molecule has 1 aromatic rings. The highest BCUT2D eigenvalue weighted by molar-refractivity contribution is 5.68. The number of hydrogen-bond donors (Lipinski definition) is 0. The van der Waals surface area contributed by atoms with E-state index in [1.807, 2.05) is 0 Å². The lowest BCUT2D eigenvalue weighted by molar-refractivity contribution is 0.0631. The normalized spacial score (nSPS) is 11.3. The quantitative estimate of drug-likeness (QED) is 0.667. The van der Waals surface area contributed by atoms with Gasteiger partial charge in [0.15, 0.2) is 0 Å². The van der Waals surface area contributed by atoms with Crippen LogP contribution < -0.4 is 0 Å². The van der Waals surface area contributed by atoms with E-state index in [9.17, 15) is 8.78 Å². The summed E-state index contributed by atoms with van der Waals surface area (Å²) < 4.78 is 26.3. The largest absolute Gasteiger partial charge is 0.273 e. The maximum Gasteiger partial charge on any atom is 0.273 e. The predicted molar refractivity (Wildman–Crippen MR) is 50.7 cm³/mol. The maximum atomic E-state index is 13.1. The molecule has 0 heterocycles. The molecule has 0 aromatic heterocycles. The Morgan fingerprint density at radius 2 is 1.85 bits per heavy atom. The van der Waals surface area contributed by atoms with Crippen LogP contribution in [0.25, 0.3) is 5.57 Å². The van der Waals surface area contributed by atoms with E-state index in [0.29, 0.717) is 5.56 Å². The zero-order valence-electron chi connectivity index (χ0n) is 7.56. The highest BCUT2D eigenvalue weighted by atomic mass is 19.3. The Bertz CT molecular complexity index is 288. The molecule has 0 bridgehead atoms. The average Bonchev–Trinajstić information content (AvgIpc) is 2.18. The van der Waals surface area contributed by atoms with Gasteiger partial charge in [-0.1, -0.05) is 43.8 Å². The SMILES string of the molecule is C=C(c1ccccc1)C(F)(F)CC. The number of benzene rings is 1. The Hall–Kier alpha value is -1.18. The van der Waals surface area contributed by atoms with Gasteiger partial charge in [-0.3, -0.25) is 0 Å². The molecule has 0 aliphatic carbocycles. The Kier molecular flexibility index (Phi) is 2.81. The minimum Gasteiger partial charge on any atom is -0.201 e. The molecule has 70 valence electrons. The van der Waals surface area contributed by atoms with E-state index < -0.39 is 5.92 Å². The smallest absolute Gasteiger partial charge is 0.201 e. The van der Waals surface area contributed by atoms with Crippen LogP contribution in [-0.2, 0) is 0 Å². The molecular weight excluding hydrogens is 170 g/mol. The minimum atomic E-state index is -2.79. The van der Waals surface area contributed by atoms with Gasteiger partial charge in [0.25, 0.3) is 5.92 Å². The van der Waals surface area contributed by atoms with E-state index in [0.717, 1.165) is 0 Å². The van der Waals surface area contributed by atoms with Crippen LogP contribution >= 0.6 is 0 Å². The van der Waals surface area contributed by atoms with Gasteiger partial charge >= 0.3 is 0 Å². The van der Waals surface area contributed by atoms with Crippen molar-refractivity contribution in [1.82, 2.24) is 0 Å². The summed E-state index contributed by atoms with van der Waals surface area (Å²) in [5.41, 5.74) is 0.407. The summed E-state index contributed by atoms with van der Waals surface area (Å²) in [6, 6.07) is 8.54. The first-order valence-electron chi connectivity index (χ1n) is 4.20. The molecule has 2 heteroatoms. The van der Waals surface area contributed by atoms with E-state index in [-0.39, 0.29) is 12.0 Å². The molecule has 1 rings (SSSR count). The second kappa shape index (κ2) is 3.69. The van der Waals surface area contributed by atoms with Crippen LogP contribution in [0.1, 0.15) is 18.9 Å². The van der Waals surface area contributed by atoms with Gasteiger partial charge in [0.1, 0.15) is 0 Å². The predicted octanol–water partition coefficient (Wildman–Crippen LogP) is 3.75. The summed E-state index contributed by atoms with van der Waals surface area (Å²) in [5.74, 6) is -2.79. The average molecular weight is 182 g/mol. The van der Waals surface area contributed by atoms with Crippen LogP contribution in [-0.4, -0.2) is 5.92 Å². The topological polar surface area (TPSA) is 0 Å². The molecule has 0 fully saturated rings. The Morgan fingerprint density at radius 1 is 1.31 bits per heavy atom. The summed E-state index contributed by atoms with van der Waals surface area (Å²) in [4.78, 5) is 0. The van der Waals surface area contributed by atoms with E-state index in [1.165, 1.54) is 6.92 Å². The van der Waals surface area contributed by atoms with E-state index >= 15 is 0 Å². The molecule has 0 N–H and O–H groups in total. The molecule has 0 saturated carbocycles. The highest BCUT2D eigenvalue weighted by Gasteiger charge is 2.30. The lowest BCUT2D eigenvalue weighted by Crippen LogP contribution is -2.15. The summed E-state index contributed by atoms with van der Waals surface area (Å²) in [6.45, 7) is 4.87. The minimum absolute atomic E-state index is 0.101. The van der Waals surface area contributed by atoms with Crippen molar-refractivity contribution in [2.24, 2.45) is 0 Å². The Morgan fingerprint density at radius 3 is 2.31 bits per heavy atom. The third-order valence-corrected chi connectivity index (χ3v) is 2.01. The molecule has 0 amide bonds. The van der Waals surface area contributed by atoms with Crippen molar-refractivity contribution in [3.05, 3.63) is 42.5 Å². The van der Waals surface area contributed by atoms with Crippen molar-refractivity contribution < 1.29 is 8.78 Å². The van der Waals surface area contributed by atoms with Gasteiger partial charge in [-0.2, -0.15) is 0 Å². The van der Waals surface area contributed by atoms with Crippen molar-refractivity contribution in [2.45, 2.75) is 19.3 Å². The molecule has 0 unspecified atom stereocenters. The van der Waals surface area contributed by atoms with Crippen LogP contribution in [0.3, 0.4) is 0 Å². The number of rotatable bonds is 3. The fraction of sp³-hybridized carbons (Fsp3) is 0.273. The van der Waals surface area contributed by atoms with Gasteiger partial charge < -0.3 is 0 Å². The van der Waals surface area contributed by atoms with Crippen LogP contribution in [0.2, 0.25) is 0 Å². The summed E-state index contributed by atoms with van der Waals surface area (Å²) in [7, 11) is 0. The monoisotopic (exact) mass is 182 g/mol. The maximum absolute atomic E-state index is 13.1. The van der Waals surface area contributed by atoms with Crippen LogP contribution in [0.5, 0.6) is 0 Å². The van der Waals surface area contributed by atoms with Gasteiger partial charge in [0.2, 0.25) is 0 Å². The van der Waals surface area contributed by atoms with Gasteiger partial charge in [0, 0.05) is 12.0 Å². The summed E-state index contributed by atoms with van der Waals surface area (Å²) in [6.07, 6.45) is -0.208. The molecule has 0 saturated heterocycles. The van der Waals surface area contributed by atoms with Gasteiger partial charge in [-0.15, -0.1) is 0 Å². The van der Waals surface area contributed by atoms with Gasteiger partial charge in [-0.05, 0) is 5.56 Å². The van der Waals surface area contributed by atoms with E-state index in [2.05, 4.69) is 6.58 Å². The first kappa shape index (κ1) is 9.90. The van der Waals surface area contributed by atoms with Crippen molar-refractivity contribution in [3.8, 4) is 0 Å². The van der Waals surface area contributed by atoms with Crippen LogP contribution in [0.4, 0.5) is 8.78 Å². The zero-order valence-corrected chi connectivity index (χ0v) is 7.56. The molecule has 0 aliphatic rings. The highest BCUT2D eigenvalue weighted by Crippen LogP contribution is 2.33. The molecule has 0 spiro atoms. The van der Waals surface area contributed by atoms with Crippen LogP contribution in [0.15, 0.2) is 36.9 Å². The van der Waals surface area contributed by atoms with Gasteiger partial charge in [0.05, 0.1) is 0 Å². The third-order valence-electron chi connectivity index (χ3n) is 2.01. The Balaban J connectivity index is 2.93. The lowest BCUT2D eigenvalue weighted by atomic mass is 10.00. The van der Waals surface area contributed by atoms with E-state index in [1.54, 1.807) is 30.3 Å². The van der Waals surface area contributed by atoms with Crippen molar-refractivity contribution in [2.75, 3.05) is 0 Å².